The molecule has 106 valence electrons. The van der Waals surface area contributed by atoms with E-state index in [1.54, 1.807) is 0 Å². The Hall–Kier alpha value is -0.120. The minimum absolute atomic E-state index is 0.208. The Kier molecular flexibility index (Phi) is 4.05. The average Bonchev–Trinajstić information content (AvgIpc) is 2.78. The molecular weight excluding hydrogens is 222 g/mol. The van der Waals surface area contributed by atoms with Gasteiger partial charge in [-0.15, -0.1) is 0 Å². The van der Waals surface area contributed by atoms with Crippen molar-refractivity contribution in [3.63, 3.8) is 0 Å². The van der Waals surface area contributed by atoms with Gasteiger partial charge in [-0.1, -0.05) is 13.3 Å². The smallest absolute Gasteiger partial charge is 0.0500 e. The fourth-order valence-electron chi connectivity index (χ4n) is 3.98. The molecule has 0 aromatic carbocycles. The van der Waals surface area contributed by atoms with Crippen molar-refractivity contribution in [3.05, 3.63) is 0 Å². The number of nitrogens with two attached hydrogens (primary N) is 1. The zero-order chi connectivity index (χ0) is 13.4. The highest BCUT2D eigenvalue weighted by Gasteiger charge is 2.52. The van der Waals surface area contributed by atoms with Crippen LogP contribution in [0.3, 0.4) is 0 Å². The molecule has 2 fully saturated rings. The molecule has 0 aromatic rings. The van der Waals surface area contributed by atoms with E-state index in [1.165, 1.54) is 45.2 Å². The van der Waals surface area contributed by atoms with Crippen molar-refractivity contribution in [2.45, 2.75) is 70.0 Å². The van der Waals surface area contributed by atoms with Gasteiger partial charge in [0.2, 0.25) is 0 Å². The normalized spacial score (nSPS) is 34.0. The predicted octanol–water partition coefficient (Wildman–Crippen LogP) is 2.06. The lowest BCUT2D eigenvalue weighted by Crippen LogP contribution is -2.65. The third-order valence-corrected chi connectivity index (χ3v) is 5.86. The van der Waals surface area contributed by atoms with Gasteiger partial charge in [-0.05, 0) is 53.1 Å². The monoisotopic (exact) mass is 253 g/mol. The SMILES string of the molecule is CCC(C)(C)N(C)C1(CN)CCN2CCCCC21. The molecule has 0 bridgehead atoms. The van der Waals surface area contributed by atoms with Crippen molar-refractivity contribution >= 4 is 0 Å². The summed E-state index contributed by atoms with van der Waals surface area (Å²) in [6.07, 6.45) is 6.51. The summed E-state index contributed by atoms with van der Waals surface area (Å²) in [6, 6.07) is 0.687. The van der Waals surface area contributed by atoms with Gasteiger partial charge in [0, 0.05) is 24.7 Å². The highest BCUT2D eigenvalue weighted by atomic mass is 15.3. The summed E-state index contributed by atoms with van der Waals surface area (Å²) in [5.74, 6) is 0. The van der Waals surface area contributed by atoms with E-state index in [4.69, 9.17) is 5.73 Å². The molecular formula is C15H31N3. The Morgan fingerprint density at radius 2 is 2.06 bits per heavy atom. The number of piperidine rings is 1. The number of hydrogen-bond donors (Lipinski definition) is 1. The minimum atomic E-state index is 0.208. The lowest BCUT2D eigenvalue weighted by Gasteiger charge is -2.52. The molecule has 2 N–H and O–H groups in total. The lowest BCUT2D eigenvalue weighted by atomic mass is 9.80. The molecule has 0 radical (unpaired) electrons. The summed E-state index contributed by atoms with van der Waals surface area (Å²) in [5.41, 5.74) is 6.71. The number of rotatable bonds is 4. The third-order valence-electron chi connectivity index (χ3n) is 5.86. The maximum atomic E-state index is 6.26. The van der Waals surface area contributed by atoms with Gasteiger partial charge in [-0.25, -0.2) is 0 Å². The maximum Gasteiger partial charge on any atom is 0.0500 e. The van der Waals surface area contributed by atoms with E-state index in [2.05, 4.69) is 37.6 Å². The van der Waals surface area contributed by atoms with Crippen LogP contribution < -0.4 is 5.73 Å². The van der Waals surface area contributed by atoms with Gasteiger partial charge in [0.25, 0.3) is 0 Å². The minimum Gasteiger partial charge on any atom is -0.329 e. The highest BCUT2D eigenvalue weighted by molar-refractivity contribution is 5.10. The van der Waals surface area contributed by atoms with Gasteiger partial charge in [0.05, 0.1) is 5.54 Å². The van der Waals surface area contributed by atoms with Crippen molar-refractivity contribution in [3.8, 4) is 0 Å². The Morgan fingerprint density at radius 3 is 2.67 bits per heavy atom. The van der Waals surface area contributed by atoms with E-state index < -0.39 is 0 Å². The Labute approximate surface area is 113 Å². The van der Waals surface area contributed by atoms with Crippen molar-refractivity contribution in [2.75, 3.05) is 26.7 Å². The van der Waals surface area contributed by atoms with Crippen LogP contribution in [0.4, 0.5) is 0 Å². The van der Waals surface area contributed by atoms with Crippen LogP contribution in [-0.2, 0) is 0 Å². The molecule has 0 spiro atoms. The second-order valence-electron chi connectivity index (χ2n) is 6.83. The van der Waals surface area contributed by atoms with Crippen molar-refractivity contribution in [2.24, 2.45) is 5.73 Å². The van der Waals surface area contributed by atoms with E-state index in [9.17, 15) is 0 Å². The van der Waals surface area contributed by atoms with Crippen LogP contribution in [0.25, 0.3) is 0 Å². The van der Waals surface area contributed by atoms with Gasteiger partial charge in [-0.3, -0.25) is 9.80 Å². The van der Waals surface area contributed by atoms with Crippen LogP contribution in [0.2, 0.25) is 0 Å². The number of likely N-dealkylation sites (N-methyl/N-ethyl adjacent to an activating group) is 1. The third kappa shape index (κ3) is 2.10. The standard InChI is InChI=1S/C15H31N3/c1-5-14(2,3)17(4)15(12-16)9-11-18-10-7-6-8-13(15)18/h13H,5-12,16H2,1-4H3. The van der Waals surface area contributed by atoms with Crippen LogP contribution in [-0.4, -0.2) is 53.6 Å². The van der Waals surface area contributed by atoms with Gasteiger partial charge in [0.15, 0.2) is 0 Å². The largest absolute Gasteiger partial charge is 0.329 e. The van der Waals surface area contributed by atoms with Crippen molar-refractivity contribution in [1.82, 2.24) is 9.80 Å². The van der Waals surface area contributed by atoms with Crippen LogP contribution in [0.1, 0.15) is 52.9 Å². The van der Waals surface area contributed by atoms with E-state index in [-0.39, 0.29) is 11.1 Å². The first-order chi connectivity index (χ1) is 8.48. The summed E-state index contributed by atoms with van der Waals surface area (Å²) in [5, 5.41) is 0. The summed E-state index contributed by atoms with van der Waals surface area (Å²) in [7, 11) is 2.30. The molecule has 3 nitrogen and oxygen atoms in total. The summed E-state index contributed by atoms with van der Waals surface area (Å²) in [4.78, 5) is 5.30. The van der Waals surface area contributed by atoms with Crippen molar-refractivity contribution in [1.29, 1.82) is 0 Å². The molecule has 2 aliphatic rings. The second kappa shape index (κ2) is 5.10. The van der Waals surface area contributed by atoms with E-state index >= 15 is 0 Å². The molecule has 2 rings (SSSR count). The molecule has 2 aliphatic heterocycles. The molecule has 0 amide bonds. The van der Waals surface area contributed by atoms with Gasteiger partial charge in [0.1, 0.15) is 0 Å². The topological polar surface area (TPSA) is 32.5 Å². The molecule has 0 aromatic heterocycles. The zero-order valence-electron chi connectivity index (χ0n) is 12.7. The Morgan fingerprint density at radius 1 is 1.33 bits per heavy atom. The highest BCUT2D eigenvalue weighted by Crippen LogP contribution is 2.41. The fraction of sp³-hybridized carbons (Fsp3) is 1.00. The van der Waals surface area contributed by atoms with E-state index in [1.807, 2.05) is 0 Å². The van der Waals surface area contributed by atoms with Crippen LogP contribution in [0.5, 0.6) is 0 Å². The molecule has 0 aliphatic carbocycles. The average molecular weight is 253 g/mol. The van der Waals surface area contributed by atoms with Gasteiger partial charge in [-0.2, -0.15) is 0 Å². The zero-order valence-corrected chi connectivity index (χ0v) is 12.7. The van der Waals surface area contributed by atoms with Gasteiger partial charge >= 0.3 is 0 Å². The number of nitrogens with zero attached hydrogens (tertiary/aromatic N) is 2. The Bertz CT molecular complexity index is 289. The quantitative estimate of drug-likeness (QED) is 0.832. The molecule has 2 saturated heterocycles. The number of hydrogen-bond acceptors (Lipinski definition) is 3. The second-order valence-corrected chi connectivity index (χ2v) is 6.83. The molecule has 2 atom stereocenters. The fourth-order valence-corrected chi connectivity index (χ4v) is 3.98. The molecule has 0 saturated carbocycles. The van der Waals surface area contributed by atoms with Crippen LogP contribution >= 0.6 is 0 Å². The predicted molar refractivity (Wildman–Crippen MR) is 77.7 cm³/mol. The van der Waals surface area contributed by atoms with Crippen LogP contribution in [0, 0.1) is 0 Å². The first kappa shape index (κ1) is 14.3. The van der Waals surface area contributed by atoms with Gasteiger partial charge < -0.3 is 5.73 Å². The van der Waals surface area contributed by atoms with E-state index in [0.29, 0.717) is 6.04 Å². The molecule has 18 heavy (non-hydrogen) atoms. The molecule has 2 unspecified atom stereocenters. The Balaban J connectivity index is 2.25. The first-order valence-electron chi connectivity index (χ1n) is 7.66. The summed E-state index contributed by atoms with van der Waals surface area (Å²) >= 11 is 0. The van der Waals surface area contributed by atoms with E-state index in [0.717, 1.165) is 6.54 Å². The molecule has 3 heteroatoms. The summed E-state index contributed by atoms with van der Waals surface area (Å²) in [6.45, 7) is 10.3. The van der Waals surface area contributed by atoms with Crippen molar-refractivity contribution < 1.29 is 0 Å². The molecule has 2 heterocycles. The summed E-state index contributed by atoms with van der Waals surface area (Å²) < 4.78 is 0. The first-order valence-corrected chi connectivity index (χ1v) is 7.66. The maximum absolute atomic E-state index is 6.26. The lowest BCUT2D eigenvalue weighted by molar-refractivity contribution is -0.0103. The van der Waals surface area contributed by atoms with Crippen LogP contribution in [0.15, 0.2) is 0 Å². The number of fused-ring (bicyclic) bond motifs is 1.